The van der Waals surface area contributed by atoms with Gasteiger partial charge in [0.2, 0.25) is 0 Å². The monoisotopic (exact) mass is 382 g/mol. The summed E-state index contributed by atoms with van der Waals surface area (Å²) in [5, 5.41) is 23.3. The summed E-state index contributed by atoms with van der Waals surface area (Å²) in [5.41, 5.74) is -0.383. The predicted molar refractivity (Wildman–Crippen MR) is 90.9 cm³/mol. The molecule has 0 spiro atoms. The van der Waals surface area contributed by atoms with Gasteiger partial charge in [0.25, 0.3) is 5.69 Å². The SMILES string of the molecule is CCOc1cc([N+](=O)[O-])c(C(=O)OCc2csc([N+](=O)[O-])c2)cc1OC. The minimum atomic E-state index is -0.952. The van der Waals surface area contributed by atoms with Gasteiger partial charge in [0.1, 0.15) is 12.2 Å². The number of nitro benzene ring substituents is 1. The van der Waals surface area contributed by atoms with Gasteiger partial charge in [0.15, 0.2) is 11.5 Å². The number of rotatable bonds is 8. The van der Waals surface area contributed by atoms with E-state index in [2.05, 4.69) is 0 Å². The maximum absolute atomic E-state index is 12.3. The fraction of sp³-hybridized carbons (Fsp3) is 0.267. The first-order valence-electron chi connectivity index (χ1n) is 7.25. The molecule has 11 heteroatoms. The summed E-state index contributed by atoms with van der Waals surface area (Å²) in [5.74, 6) is -0.672. The predicted octanol–water partition coefficient (Wildman–Crippen LogP) is 3.33. The van der Waals surface area contributed by atoms with Crippen LogP contribution in [0.5, 0.6) is 11.5 Å². The van der Waals surface area contributed by atoms with Crippen molar-refractivity contribution in [1.29, 1.82) is 0 Å². The molecule has 138 valence electrons. The average Bonchev–Trinajstić information content (AvgIpc) is 3.08. The number of carbonyl (C=O) groups excluding carboxylic acids is 1. The van der Waals surface area contributed by atoms with Crippen LogP contribution in [0.25, 0.3) is 0 Å². The number of hydrogen-bond donors (Lipinski definition) is 0. The van der Waals surface area contributed by atoms with Gasteiger partial charge in [0.05, 0.1) is 29.6 Å². The van der Waals surface area contributed by atoms with Crippen LogP contribution in [0.4, 0.5) is 10.7 Å². The minimum absolute atomic E-state index is 0.0928. The first-order valence-corrected chi connectivity index (χ1v) is 8.13. The van der Waals surface area contributed by atoms with Crippen LogP contribution in [0.15, 0.2) is 23.6 Å². The zero-order chi connectivity index (χ0) is 19.3. The number of ether oxygens (including phenoxy) is 3. The number of hydrogen-bond acceptors (Lipinski definition) is 9. The Hall–Kier alpha value is -3.21. The first kappa shape index (κ1) is 19.1. The molecular weight excluding hydrogens is 368 g/mol. The topological polar surface area (TPSA) is 131 Å². The second-order valence-corrected chi connectivity index (χ2v) is 5.73. The number of esters is 1. The van der Waals surface area contributed by atoms with E-state index in [-0.39, 0.29) is 35.3 Å². The average molecular weight is 382 g/mol. The standard InChI is InChI=1S/C15H14N2O8S/c1-3-24-13-6-11(16(19)20)10(5-12(13)23-2)15(18)25-7-9-4-14(17(21)22)26-8-9/h4-6,8H,3,7H2,1-2H3. The fourth-order valence-corrected chi connectivity index (χ4v) is 2.77. The van der Waals surface area contributed by atoms with Crippen molar-refractivity contribution >= 4 is 28.0 Å². The van der Waals surface area contributed by atoms with E-state index in [1.165, 1.54) is 24.6 Å². The maximum atomic E-state index is 12.3. The second-order valence-electron chi connectivity index (χ2n) is 4.84. The molecule has 2 aromatic rings. The summed E-state index contributed by atoms with van der Waals surface area (Å²) < 4.78 is 15.4. The molecule has 0 amide bonds. The number of nitrogens with zero attached hydrogens (tertiary/aromatic N) is 2. The molecule has 1 heterocycles. The molecule has 10 nitrogen and oxygen atoms in total. The molecule has 1 aromatic heterocycles. The Kier molecular flexibility index (Phi) is 6.07. The van der Waals surface area contributed by atoms with Crippen molar-refractivity contribution in [3.8, 4) is 11.5 Å². The van der Waals surface area contributed by atoms with Crippen LogP contribution in [-0.4, -0.2) is 29.5 Å². The van der Waals surface area contributed by atoms with Gasteiger partial charge in [-0.25, -0.2) is 4.79 Å². The van der Waals surface area contributed by atoms with Gasteiger partial charge in [0, 0.05) is 23.1 Å². The molecule has 0 radical (unpaired) electrons. The molecule has 26 heavy (non-hydrogen) atoms. The van der Waals surface area contributed by atoms with Gasteiger partial charge in [-0.2, -0.15) is 0 Å². The Balaban J connectivity index is 2.25. The Labute approximate surface area is 151 Å². The van der Waals surface area contributed by atoms with Crippen LogP contribution in [0, 0.1) is 20.2 Å². The largest absolute Gasteiger partial charge is 0.493 e. The highest BCUT2D eigenvalue weighted by molar-refractivity contribution is 7.13. The lowest BCUT2D eigenvalue weighted by atomic mass is 10.1. The van der Waals surface area contributed by atoms with Crippen LogP contribution < -0.4 is 9.47 Å². The van der Waals surface area contributed by atoms with Crippen molar-refractivity contribution in [2.24, 2.45) is 0 Å². The molecule has 2 rings (SSSR count). The van der Waals surface area contributed by atoms with Crippen molar-refractivity contribution in [2.75, 3.05) is 13.7 Å². The highest BCUT2D eigenvalue weighted by atomic mass is 32.1. The van der Waals surface area contributed by atoms with E-state index in [9.17, 15) is 25.0 Å². The first-order chi connectivity index (χ1) is 12.4. The molecule has 0 unspecified atom stereocenters. The zero-order valence-electron chi connectivity index (χ0n) is 13.8. The van der Waals surface area contributed by atoms with Crippen molar-refractivity contribution in [2.45, 2.75) is 13.5 Å². The van der Waals surface area contributed by atoms with Crippen LogP contribution in [0.3, 0.4) is 0 Å². The molecule has 0 bridgehead atoms. The smallest absolute Gasteiger partial charge is 0.345 e. The molecule has 0 saturated carbocycles. The normalized spacial score (nSPS) is 10.2. The van der Waals surface area contributed by atoms with Gasteiger partial charge >= 0.3 is 11.0 Å². The number of thiophene rings is 1. The van der Waals surface area contributed by atoms with Gasteiger partial charge in [-0.3, -0.25) is 20.2 Å². The van der Waals surface area contributed by atoms with Crippen molar-refractivity contribution in [1.82, 2.24) is 0 Å². The van der Waals surface area contributed by atoms with E-state index >= 15 is 0 Å². The van der Waals surface area contributed by atoms with Crippen LogP contribution in [-0.2, 0) is 11.3 Å². The van der Waals surface area contributed by atoms with E-state index in [1.807, 2.05) is 0 Å². The van der Waals surface area contributed by atoms with E-state index in [4.69, 9.17) is 14.2 Å². The Morgan fingerprint density at radius 3 is 2.42 bits per heavy atom. The molecular formula is C15H14N2O8S. The number of methoxy groups -OCH3 is 1. The van der Waals surface area contributed by atoms with Gasteiger partial charge in [-0.15, -0.1) is 0 Å². The fourth-order valence-electron chi connectivity index (χ4n) is 2.05. The molecule has 0 saturated heterocycles. The summed E-state index contributed by atoms with van der Waals surface area (Å²) >= 11 is 0.892. The second kappa shape index (κ2) is 8.25. The number of carbonyl (C=O) groups is 1. The Morgan fingerprint density at radius 1 is 1.15 bits per heavy atom. The Morgan fingerprint density at radius 2 is 1.88 bits per heavy atom. The maximum Gasteiger partial charge on any atom is 0.345 e. The van der Waals surface area contributed by atoms with E-state index < -0.39 is 21.5 Å². The zero-order valence-corrected chi connectivity index (χ0v) is 14.6. The molecule has 0 aliphatic rings. The Bertz CT molecular complexity index is 848. The quantitative estimate of drug-likeness (QED) is 0.386. The third-order valence-electron chi connectivity index (χ3n) is 3.19. The molecule has 1 aromatic carbocycles. The lowest BCUT2D eigenvalue weighted by molar-refractivity contribution is -0.385. The summed E-state index contributed by atoms with van der Waals surface area (Å²) in [6.45, 7) is 1.71. The van der Waals surface area contributed by atoms with Crippen LogP contribution in [0.2, 0.25) is 0 Å². The molecule has 0 aliphatic heterocycles. The van der Waals surface area contributed by atoms with Crippen molar-refractivity contribution in [3.05, 3.63) is 54.9 Å². The number of benzene rings is 1. The minimum Gasteiger partial charge on any atom is -0.493 e. The number of nitro groups is 2. The molecule has 0 fully saturated rings. The third kappa shape index (κ3) is 4.25. The van der Waals surface area contributed by atoms with E-state index in [0.717, 1.165) is 17.4 Å². The lowest BCUT2D eigenvalue weighted by Gasteiger charge is -2.11. The molecule has 0 atom stereocenters. The van der Waals surface area contributed by atoms with E-state index in [1.54, 1.807) is 6.92 Å². The summed E-state index contributed by atoms with van der Waals surface area (Å²) in [7, 11) is 1.34. The van der Waals surface area contributed by atoms with Crippen molar-refractivity contribution < 1.29 is 28.9 Å². The van der Waals surface area contributed by atoms with Gasteiger partial charge in [-0.05, 0) is 6.92 Å². The summed E-state index contributed by atoms with van der Waals surface area (Å²) in [4.78, 5) is 32.9. The summed E-state index contributed by atoms with van der Waals surface area (Å²) in [6.07, 6.45) is 0. The highest BCUT2D eigenvalue weighted by Gasteiger charge is 2.26. The van der Waals surface area contributed by atoms with Crippen molar-refractivity contribution in [3.63, 3.8) is 0 Å². The molecule has 0 aliphatic carbocycles. The highest BCUT2D eigenvalue weighted by Crippen LogP contribution is 2.35. The van der Waals surface area contributed by atoms with Crippen LogP contribution >= 0.6 is 11.3 Å². The summed E-state index contributed by atoms with van der Waals surface area (Å²) in [6, 6.07) is 3.53. The molecule has 0 N–H and O–H groups in total. The van der Waals surface area contributed by atoms with Gasteiger partial charge < -0.3 is 14.2 Å². The third-order valence-corrected chi connectivity index (χ3v) is 4.12. The van der Waals surface area contributed by atoms with Crippen LogP contribution in [0.1, 0.15) is 22.8 Å². The van der Waals surface area contributed by atoms with Gasteiger partial charge in [-0.1, -0.05) is 11.3 Å². The van der Waals surface area contributed by atoms with E-state index in [0.29, 0.717) is 5.56 Å². The lowest BCUT2D eigenvalue weighted by Crippen LogP contribution is -2.09.